The van der Waals surface area contributed by atoms with Gasteiger partial charge in [-0.3, -0.25) is 4.79 Å². The number of carbonyl (C=O) groups excluding carboxylic acids is 2. The van der Waals surface area contributed by atoms with Crippen LogP contribution in [0.2, 0.25) is 0 Å². The summed E-state index contributed by atoms with van der Waals surface area (Å²) in [6.07, 6.45) is 0.665. The van der Waals surface area contributed by atoms with Gasteiger partial charge in [0.05, 0.1) is 5.92 Å². The fourth-order valence-corrected chi connectivity index (χ4v) is 3.43. The number of likely N-dealkylation sites (tertiary alicyclic amines) is 1. The number of fused-ring (bicyclic) bond motifs is 1. The summed E-state index contributed by atoms with van der Waals surface area (Å²) in [6, 6.07) is 4.94. The molecule has 0 saturated carbocycles. The molecule has 2 aromatic rings. The molecule has 1 aromatic heterocycles. The lowest BCUT2D eigenvalue weighted by molar-refractivity contribution is -0.140. The molecule has 1 fully saturated rings. The fourth-order valence-electron chi connectivity index (χ4n) is 3.43. The van der Waals surface area contributed by atoms with Crippen LogP contribution in [-0.2, 0) is 9.53 Å². The molecule has 3 rings (SSSR count). The molecule has 1 amide bonds. The summed E-state index contributed by atoms with van der Waals surface area (Å²) in [7, 11) is 0. The van der Waals surface area contributed by atoms with Crippen molar-refractivity contribution in [1.29, 1.82) is 0 Å². The SMILES string of the molecule is Cc1cc(=O)oc2c(C)c(OC(=O)C3CCN(C(=O)OC(C)(C)C)CC3)ccc12. The normalized spacial score (nSPS) is 15.4. The topological polar surface area (TPSA) is 86.0 Å². The number of nitrogens with zero attached hydrogens (tertiary/aromatic N) is 1. The average Bonchev–Trinajstić information content (AvgIpc) is 2.63. The minimum Gasteiger partial charge on any atom is -0.444 e. The van der Waals surface area contributed by atoms with Crippen LogP contribution in [0.4, 0.5) is 4.79 Å². The number of hydrogen-bond acceptors (Lipinski definition) is 6. The van der Waals surface area contributed by atoms with Crippen molar-refractivity contribution in [2.45, 2.75) is 53.1 Å². The van der Waals surface area contributed by atoms with Gasteiger partial charge in [0, 0.05) is 30.1 Å². The molecule has 156 valence electrons. The highest BCUT2D eigenvalue weighted by Gasteiger charge is 2.31. The van der Waals surface area contributed by atoms with Gasteiger partial charge in [-0.25, -0.2) is 9.59 Å². The molecule has 0 radical (unpaired) electrons. The van der Waals surface area contributed by atoms with Gasteiger partial charge >= 0.3 is 17.7 Å². The minimum atomic E-state index is -0.548. The van der Waals surface area contributed by atoms with Crippen LogP contribution in [0, 0.1) is 19.8 Å². The van der Waals surface area contributed by atoms with Gasteiger partial charge in [-0.1, -0.05) is 0 Å². The Kier molecular flexibility index (Phi) is 5.68. The van der Waals surface area contributed by atoms with Gasteiger partial charge in [0.15, 0.2) is 0 Å². The number of aryl methyl sites for hydroxylation is 2. The van der Waals surface area contributed by atoms with E-state index >= 15 is 0 Å². The van der Waals surface area contributed by atoms with Crippen LogP contribution in [0.5, 0.6) is 5.75 Å². The summed E-state index contributed by atoms with van der Waals surface area (Å²) in [4.78, 5) is 38.1. The molecule has 0 unspecified atom stereocenters. The first kappa shape index (κ1) is 20.9. The van der Waals surface area contributed by atoms with Crippen molar-refractivity contribution in [2.24, 2.45) is 5.92 Å². The van der Waals surface area contributed by atoms with Gasteiger partial charge in [0.25, 0.3) is 0 Å². The molecule has 0 N–H and O–H groups in total. The quantitative estimate of drug-likeness (QED) is 0.430. The van der Waals surface area contributed by atoms with Crippen LogP contribution in [0.1, 0.15) is 44.7 Å². The van der Waals surface area contributed by atoms with E-state index in [1.165, 1.54) is 6.07 Å². The first-order valence-corrected chi connectivity index (χ1v) is 9.79. The number of piperidine rings is 1. The second-order valence-corrected chi connectivity index (χ2v) is 8.48. The number of ether oxygens (including phenoxy) is 2. The lowest BCUT2D eigenvalue weighted by atomic mass is 9.97. The zero-order chi connectivity index (χ0) is 21.3. The highest BCUT2D eigenvalue weighted by atomic mass is 16.6. The van der Waals surface area contributed by atoms with Crippen LogP contribution < -0.4 is 10.4 Å². The summed E-state index contributed by atoms with van der Waals surface area (Å²) >= 11 is 0. The summed E-state index contributed by atoms with van der Waals surface area (Å²) in [5, 5.41) is 0.813. The Balaban J connectivity index is 1.67. The molecule has 0 atom stereocenters. The van der Waals surface area contributed by atoms with Crippen LogP contribution in [-0.4, -0.2) is 35.7 Å². The molecule has 7 heteroatoms. The van der Waals surface area contributed by atoms with Gasteiger partial charge in [0.2, 0.25) is 0 Å². The molecule has 0 spiro atoms. The van der Waals surface area contributed by atoms with Gasteiger partial charge < -0.3 is 18.8 Å². The van der Waals surface area contributed by atoms with Crippen LogP contribution >= 0.6 is 0 Å². The Bertz CT molecular complexity index is 993. The largest absolute Gasteiger partial charge is 0.444 e. The van der Waals surface area contributed by atoms with Crippen molar-refractivity contribution in [1.82, 2.24) is 4.90 Å². The lowest BCUT2D eigenvalue weighted by Crippen LogP contribution is -2.43. The summed E-state index contributed by atoms with van der Waals surface area (Å²) in [6.45, 7) is 9.96. The Morgan fingerprint density at radius 3 is 2.41 bits per heavy atom. The lowest BCUT2D eigenvalue weighted by Gasteiger charge is -2.32. The van der Waals surface area contributed by atoms with Crippen molar-refractivity contribution < 1.29 is 23.5 Å². The minimum absolute atomic E-state index is 0.298. The van der Waals surface area contributed by atoms with E-state index in [4.69, 9.17) is 13.9 Å². The Hall–Kier alpha value is -2.83. The Labute approximate surface area is 169 Å². The van der Waals surface area contributed by atoms with Crippen molar-refractivity contribution in [3.63, 3.8) is 0 Å². The standard InChI is InChI=1S/C22H27NO6/c1-13-12-18(24)28-19-14(2)17(7-6-16(13)19)27-20(25)15-8-10-23(11-9-15)21(26)29-22(3,4)5/h6-7,12,15H,8-11H2,1-5H3. The van der Waals surface area contributed by atoms with E-state index in [0.29, 0.717) is 42.8 Å². The smallest absolute Gasteiger partial charge is 0.410 e. The summed E-state index contributed by atoms with van der Waals surface area (Å²) in [5.74, 6) is -0.259. The summed E-state index contributed by atoms with van der Waals surface area (Å²) < 4.78 is 16.3. The van der Waals surface area contributed by atoms with E-state index in [1.807, 2.05) is 27.7 Å². The monoisotopic (exact) mass is 401 g/mol. The highest BCUT2D eigenvalue weighted by molar-refractivity contribution is 5.86. The number of rotatable bonds is 2. The van der Waals surface area contributed by atoms with E-state index in [1.54, 1.807) is 24.0 Å². The van der Waals surface area contributed by atoms with E-state index in [2.05, 4.69) is 0 Å². The molecule has 1 saturated heterocycles. The molecule has 29 heavy (non-hydrogen) atoms. The third-order valence-electron chi connectivity index (χ3n) is 5.01. The number of hydrogen-bond donors (Lipinski definition) is 0. The van der Waals surface area contributed by atoms with Crippen LogP contribution in [0.15, 0.2) is 27.4 Å². The van der Waals surface area contributed by atoms with Gasteiger partial charge in [0.1, 0.15) is 16.9 Å². The first-order valence-electron chi connectivity index (χ1n) is 9.79. The zero-order valence-corrected chi connectivity index (χ0v) is 17.5. The van der Waals surface area contributed by atoms with E-state index in [9.17, 15) is 14.4 Å². The summed E-state index contributed by atoms with van der Waals surface area (Å²) in [5.41, 5.74) is 0.874. The molecule has 0 bridgehead atoms. The second-order valence-electron chi connectivity index (χ2n) is 8.48. The predicted molar refractivity (Wildman–Crippen MR) is 108 cm³/mol. The van der Waals surface area contributed by atoms with Gasteiger partial charge in [-0.2, -0.15) is 0 Å². The van der Waals surface area contributed by atoms with Crippen LogP contribution in [0.3, 0.4) is 0 Å². The predicted octanol–water partition coefficient (Wildman–Crippen LogP) is 3.96. The number of carbonyl (C=O) groups is 2. The van der Waals surface area contributed by atoms with E-state index in [0.717, 1.165) is 10.9 Å². The maximum Gasteiger partial charge on any atom is 0.410 e. The maximum atomic E-state index is 12.6. The number of amides is 1. The Morgan fingerprint density at radius 1 is 1.14 bits per heavy atom. The zero-order valence-electron chi connectivity index (χ0n) is 17.5. The molecular weight excluding hydrogens is 374 g/mol. The molecular formula is C22H27NO6. The fraction of sp³-hybridized carbons (Fsp3) is 0.500. The first-order chi connectivity index (χ1) is 13.5. The third kappa shape index (κ3) is 4.78. The average molecular weight is 401 g/mol. The van der Waals surface area contributed by atoms with E-state index < -0.39 is 11.2 Å². The molecule has 1 aromatic carbocycles. The second kappa shape index (κ2) is 7.89. The molecule has 2 heterocycles. The molecule has 1 aliphatic rings. The molecule has 0 aliphatic carbocycles. The molecule has 1 aliphatic heterocycles. The van der Waals surface area contributed by atoms with Crippen molar-refractivity contribution >= 4 is 23.0 Å². The number of benzene rings is 1. The van der Waals surface area contributed by atoms with Crippen molar-refractivity contribution in [3.8, 4) is 5.75 Å². The highest BCUT2D eigenvalue weighted by Crippen LogP contribution is 2.30. The maximum absolute atomic E-state index is 12.6. The van der Waals surface area contributed by atoms with Crippen LogP contribution in [0.25, 0.3) is 11.0 Å². The third-order valence-corrected chi connectivity index (χ3v) is 5.01. The number of esters is 1. The van der Waals surface area contributed by atoms with Gasteiger partial charge in [-0.05, 0) is 65.2 Å². The van der Waals surface area contributed by atoms with Gasteiger partial charge in [-0.15, -0.1) is 0 Å². The van der Waals surface area contributed by atoms with E-state index in [-0.39, 0.29) is 18.0 Å². The van der Waals surface area contributed by atoms with Crippen molar-refractivity contribution in [3.05, 3.63) is 39.7 Å². The Morgan fingerprint density at radius 2 is 1.79 bits per heavy atom. The van der Waals surface area contributed by atoms with Crippen molar-refractivity contribution in [2.75, 3.05) is 13.1 Å². The molecule has 7 nitrogen and oxygen atoms in total.